The number of halogens is 3. The minimum absolute atomic E-state index is 0.0317. The molecule has 0 amide bonds. The first-order valence-electron chi connectivity index (χ1n) is 4.69. The highest BCUT2D eigenvalue weighted by Gasteiger charge is 2.26. The van der Waals surface area contributed by atoms with Crippen molar-refractivity contribution in [3.05, 3.63) is 0 Å². The van der Waals surface area contributed by atoms with Gasteiger partial charge in [-0.3, -0.25) is 0 Å². The standard InChI is InChI=1S/C9H17F3OS/c1-14-7-3-5-8(13)4-2-6-9(10,11)12/h8,13H,2-7H2,1H3. The Bertz CT molecular complexity index is 139. The van der Waals surface area contributed by atoms with E-state index in [9.17, 15) is 18.3 Å². The van der Waals surface area contributed by atoms with Gasteiger partial charge < -0.3 is 5.11 Å². The Labute approximate surface area is 87.1 Å². The van der Waals surface area contributed by atoms with Crippen molar-refractivity contribution in [1.82, 2.24) is 0 Å². The molecule has 0 bridgehead atoms. The fourth-order valence-corrected chi connectivity index (χ4v) is 1.60. The second kappa shape index (κ2) is 7.40. The monoisotopic (exact) mass is 230 g/mol. The maximum atomic E-state index is 11.7. The highest BCUT2D eigenvalue weighted by molar-refractivity contribution is 7.98. The maximum absolute atomic E-state index is 11.7. The van der Waals surface area contributed by atoms with Gasteiger partial charge in [-0.1, -0.05) is 0 Å². The SMILES string of the molecule is CSCCCC(O)CCCC(F)(F)F. The number of hydrogen-bond donors (Lipinski definition) is 1. The minimum atomic E-state index is -4.08. The molecule has 1 nitrogen and oxygen atoms in total. The number of aliphatic hydroxyl groups is 1. The molecule has 0 aliphatic rings. The first-order valence-corrected chi connectivity index (χ1v) is 6.09. The number of hydrogen-bond acceptors (Lipinski definition) is 2. The van der Waals surface area contributed by atoms with Crippen LogP contribution >= 0.6 is 11.8 Å². The van der Waals surface area contributed by atoms with E-state index in [0.717, 1.165) is 12.2 Å². The van der Waals surface area contributed by atoms with Crippen molar-refractivity contribution in [1.29, 1.82) is 0 Å². The number of alkyl halides is 3. The molecule has 0 aromatic heterocycles. The fourth-order valence-electron chi connectivity index (χ4n) is 1.15. The Morgan fingerprint density at radius 2 is 1.79 bits per heavy atom. The molecule has 86 valence electrons. The third kappa shape index (κ3) is 10.2. The van der Waals surface area contributed by atoms with E-state index in [0.29, 0.717) is 6.42 Å². The van der Waals surface area contributed by atoms with E-state index in [1.807, 2.05) is 6.26 Å². The first kappa shape index (κ1) is 14.1. The summed E-state index contributed by atoms with van der Waals surface area (Å²) in [6.45, 7) is 0. The lowest BCUT2D eigenvalue weighted by Gasteiger charge is -2.10. The predicted molar refractivity (Wildman–Crippen MR) is 53.5 cm³/mol. The molecule has 1 unspecified atom stereocenters. The Morgan fingerprint density at radius 1 is 1.21 bits per heavy atom. The van der Waals surface area contributed by atoms with Crippen LogP contribution in [0, 0.1) is 0 Å². The van der Waals surface area contributed by atoms with E-state index in [1.165, 1.54) is 0 Å². The third-order valence-corrected chi connectivity index (χ3v) is 2.58. The van der Waals surface area contributed by atoms with Gasteiger partial charge in [-0.25, -0.2) is 0 Å². The Hall–Kier alpha value is 0.100. The second-order valence-electron chi connectivity index (χ2n) is 3.30. The van der Waals surface area contributed by atoms with Gasteiger partial charge in [-0.15, -0.1) is 0 Å². The number of thioether (sulfide) groups is 1. The Kier molecular flexibility index (Phi) is 7.45. The molecule has 0 spiro atoms. The van der Waals surface area contributed by atoms with Gasteiger partial charge >= 0.3 is 6.18 Å². The van der Waals surface area contributed by atoms with E-state index >= 15 is 0 Å². The second-order valence-corrected chi connectivity index (χ2v) is 4.28. The van der Waals surface area contributed by atoms with Gasteiger partial charge in [0.05, 0.1) is 6.10 Å². The molecule has 14 heavy (non-hydrogen) atoms. The van der Waals surface area contributed by atoms with E-state index < -0.39 is 18.7 Å². The van der Waals surface area contributed by atoms with E-state index in [4.69, 9.17) is 0 Å². The lowest BCUT2D eigenvalue weighted by molar-refractivity contribution is -0.136. The Morgan fingerprint density at radius 3 is 2.29 bits per heavy atom. The van der Waals surface area contributed by atoms with Crippen LogP contribution in [0.15, 0.2) is 0 Å². The summed E-state index contributed by atoms with van der Waals surface area (Å²) in [5.74, 6) is 0.955. The van der Waals surface area contributed by atoms with Crippen LogP contribution in [0.4, 0.5) is 13.2 Å². The normalized spacial score (nSPS) is 14.4. The lowest BCUT2D eigenvalue weighted by atomic mass is 10.1. The van der Waals surface area contributed by atoms with Crippen molar-refractivity contribution in [3.8, 4) is 0 Å². The molecule has 0 heterocycles. The van der Waals surface area contributed by atoms with Crippen LogP contribution in [0.2, 0.25) is 0 Å². The van der Waals surface area contributed by atoms with Gasteiger partial charge in [-0.05, 0) is 37.7 Å². The predicted octanol–water partition coefficient (Wildman–Crippen LogP) is 3.22. The molecule has 0 fully saturated rings. The van der Waals surface area contributed by atoms with E-state index in [1.54, 1.807) is 11.8 Å². The minimum Gasteiger partial charge on any atom is -0.393 e. The largest absolute Gasteiger partial charge is 0.393 e. The summed E-state index contributed by atoms with van der Waals surface area (Å²) in [4.78, 5) is 0. The van der Waals surface area contributed by atoms with Gasteiger partial charge in [0.25, 0.3) is 0 Å². The Balaban J connectivity index is 3.31. The lowest BCUT2D eigenvalue weighted by Crippen LogP contribution is -2.11. The van der Waals surface area contributed by atoms with Gasteiger partial charge in [0.1, 0.15) is 0 Å². The zero-order valence-corrected chi connectivity index (χ0v) is 9.13. The van der Waals surface area contributed by atoms with Crippen LogP contribution in [0.1, 0.15) is 32.1 Å². The van der Waals surface area contributed by atoms with Crippen LogP contribution in [0.25, 0.3) is 0 Å². The average molecular weight is 230 g/mol. The highest BCUT2D eigenvalue weighted by Crippen LogP contribution is 2.23. The smallest absolute Gasteiger partial charge is 0.389 e. The van der Waals surface area contributed by atoms with Crippen LogP contribution < -0.4 is 0 Å². The zero-order chi connectivity index (χ0) is 11.0. The summed E-state index contributed by atoms with van der Waals surface area (Å²) in [7, 11) is 0. The summed E-state index contributed by atoms with van der Waals surface area (Å²) in [6.07, 6.45) is -1.70. The topological polar surface area (TPSA) is 20.2 Å². The van der Waals surface area contributed by atoms with Crippen molar-refractivity contribution >= 4 is 11.8 Å². The van der Waals surface area contributed by atoms with Gasteiger partial charge in [-0.2, -0.15) is 24.9 Å². The molecule has 1 atom stereocenters. The van der Waals surface area contributed by atoms with Gasteiger partial charge in [0.2, 0.25) is 0 Å². The van der Waals surface area contributed by atoms with Crippen molar-refractivity contribution < 1.29 is 18.3 Å². The van der Waals surface area contributed by atoms with Crippen molar-refractivity contribution in [2.24, 2.45) is 0 Å². The van der Waals surface area contributed by atoms with Crippen LogP contribution in [-0.4, -0.2) is 29.4 Å². The molecule has 0 aliphatic heterocycles. The molecule has 0 aromatic carbocycles. The molecule has 0 aliphatic carbocycles. The summed E-state index contributed by atoms with van der Waals surface area (Å²) in [5, 5.41) is 9.30. The van der Waals surface area contributed by atoms with Crippen molar-refractivity contribution in [3.63, 3.8) is 0 Å². The van der Waals surface area contributed by atoms with Crippen LogP contribution in [-0.2, 0) is 0 Å². The van der Waals surface area contributed by atoms with Crippen LogP contribution in [0.3, 0.4) is 0 Å². The molecule has 1 N–H and O–H groups in total. The summed E-state index contributed by atoms with van der Waals surface area (Å²) >= 11 is 1.68. The molecule has 0 aromatic rings. The van der Waals surface area contributed by atoms with Gasteiger partial charge in [0.15, 0.2) is 0 Å². The number of aliphatic hydroxyl groups excluding tert-OH is 1. The number of rotatable bonds is 7. The molecule has 0 rings (SSSR count). The summed E-state index contributed by atoms with van der Waals surface area (Å²) < 4.78 is 35.2. The van der Waals surface area contributed by atoms with Crippen LogP contribution in [0.5, 0.6) is 0 Å². The maximum Gasteiger partial charge on any atom is 0.389 e. The van der Waals surface area contributed by atoms with E-state index in [-0.39, 0.29) is 12.8 Å². The molecular weight excluding hydrogens is 213 g/mol. The zero-order valence-electron chi connectivity index (χ0n) is 8.31. The van der Waals surface area contributed by atoms with E-state index in [2.05, 4.69) is 0 Å². The molecule has 0 radical (unpaired) electrons. The first-order chi connectivity index (χ1) is 6.45. The van der Waals surface area contributed by atoms with Gasteiger partial charge in [0, 0.05) is 6.42 Å². The fraction of sp³-hybridized carbons (Fsp3) is 1.00. The molecular formula is C9H17F3OS. The molecule has 0 saturated carbocycles. The molecule has 5 heteroatoms. The third-order valence-electron chi connectivity index (χ3n) is 1.88. The van der Waals surface area contributed by atoms with Crippen molar-refractivity contribution in [2.75, 3.05) is 12.0 Å². The molecule has 0 saturated heterocycles. The van der Waals surface area contributed by atoms with Crippen molar-refractivity contribution in [2.45, 2.75) is 44.4 Å². The highest BCUT2D eigenvalue weighted by atomic mass is 32.2. The quantitative estimate of drug-likeness (QED) is 0.678. The average Bonchev–Trinajstić information content (AvgIpc) is 2.02. The summed E-state index contributed by atoms with van der Waals surface area (Å²) in [6, 6.07) is 0. The summed E-state index contributed by atoms with van der Waals surface area (Å²) in [5.41, 5.74) is 0.